The predicted molar refractivity (Wildman–Crippen MR) is 126 cm³/mol. The quantitative estimate of drug-likeness (QED) is 0.299. The largest absolute Gasteiger partial charge is 0.493 e. The highest BCUT2D eigenvalue weighted by Gasteiger charge is 2.34. The number of rotatable bonds is 11. The van der Waals surface area contributed by atoms with Gasteiger partial charge < -0.3 is 19.1 Å². The molecular formula is C23H28FN3O10S. The highest BCUT2D eigenvalue weighted by molar-refractivity contribution is 8.13. The Hall–Kier alpha value is -2.73. The van der Waals surface area contributed by atoms with Gasteiger partial charge in [-0.2, -0.15) is 0 Å². The summed E-state index contributed by atoms with van der Waals surface area (Å²) < 4.78 is 30.3. The van der Waals surface area contributed by atoms with E-state index in [1.165, 1.54) is 12.1 Å². The number of benzene rings is 2. The molecule has 0 aliphatic carbocycles. The topological polar surface area (TPSA) is 154 Å². The predicted octanol–water partition coefficient (Wildman–Crippen LogP) is 3.28. The lowest BCUT2D eigenvalue weighted by molar-refractivity contribution is -0.525. The van der Waals surface area contributed by atoms with E-state index in [0.717, 1.165) is 17.3 Å². The molecule has 0 spiro atoms. The minimum Gasteiger partial charge on any atom is -0.493 e. The molecule has 1 saturated heterocycles. The lowest BCUT2D eigenvalue weighted by atomic mass is 9.81. The van der Waals surface area contributed by atoms with Crippen LogP contribution in [-0.4, -0.2) is 86.7 Å². The number of piperidine rings is 1. The van der Waals surface area contributed by atoms with E-state index >= 15 is 0 Å². The summed E-state index contributed by atoms with van der Waals surface area (Å²) in [5.41, 5.74) is 0.944. The molecule has 2 aliphatic rings. The van der Waals surface area contributed by atoms with E-state index in [2.05, 4.69) is 9.68 Å². The number of hydrogen-bond donors (Lipinski definition) is 4. The summed E-state index contributed by atoms with van der Waals surface area (Å²) in [6.45, 7) is 0.733. The smallest absolute Gasteiger partial charge is 0.281 e. The van der Waals surface area contributed by atoms with Crippen LogP contribution in [0.15, 0.2) is 42.5 Å². The molecule has 13 nitrogen and oxygen atoms in total. The molecule has 2 aromatic rings. The Labute approximate surface area is 221 Å². The van der Waals surface area contributed by atoms with Crippen molar-refractivity contribution in [2.24, 2.45) is 5.92 Å². The summed E-state index contributed by atoms with van der Waals surface area (Å²) in [5, 5.41) is 33.8. The molecule has 1 amide bonds. The van der Waals surface area contributed by atoms with Crippen molar-refractivity contribution < 1.29 is 53.9 Å². The third-order valence-corrected chi connectivity index (χ3v) is 7.15. The van der Waals surface area contributed by atoms with Crippen LogP contribution in [0.5, 0.6) is 17.2 Å². The number of ether oxygens (including phenoxy) is 3. The van der Waals surface area contributed by atoms with Crippen LogP contribution in [0.1, 0.15) is 17.9 Å². The summed E-state index contributed by atoms with van der Waals surface area (Å²) >= 11 is 0.844. The molecule has 38 heavy (non-hydrogen) atoms. The molecule has 2 heterocycles. The number of thioether (sulfide) groups is 1. The summed E-state index contributed by atoms with van der Waals surface area (Å²) in [6, 6.07) is 11.6. The van der Waals surface area contributed by atoms with Crippen molar-refractivity contribution in [2.45, 2.75) is 18.4 Å². The van der Waals surface area contributed by atoms with Gasteiger partial charge in [-0.15, -0.1) is 0 Å². The Morgan fingerprint density at radius 3 is 2.61 bits per heavy atom. The molecule has 0 saturated carbocycles. The van der Waals surface area contributed by atoms with E-state index in [1.807, 2.05) is 0 Å². The van der Waals surface area contributed by atoms with Gasteiger partial charge in [0.25, 0.3) is 5.24 Å². The average molecular weight is 558 g/mol. The van der Waals surface area contributed by atoms with Crippen molar-refractivity contribution in [2.75, 3.05) is 38.8 Å². The lowest BCUT2D eigenvalue weighted by Gasteiger charge is -2.38. The average Bonchev–Trinajstić information content (AvgIpc) is 3.37. The Morgan fingerprint density at radius 2 is 1.87 bits per heavy atom. The van der Waals surface area contributed by atoms with Crippen LogP contribution >= 0.6 is 11.8 Å². The highest BCUT2D eigenvalue weighted by atomic mass is 32.2. The minimum atomic E-state index is -1.09. The second-order valence-electron chi connectivity index (χ2n) is 8.58. The molecule has 208 valence electrons. The van der Waals surface area contributed by atoms with Gasteiger partial charge in [0, 0.05) is 30.8 Å². The minimum absolute atomic E-state index is 0.0144. The highest BCUT2D eigenvalue weighted by Crippen LogP contribution is 2.37. The van der Waals surface area contributed by atoms with Crippen molar-refractivity contribution in [1.29, 1.82) is 0 Å². The lowest BCUT2D eigenvalue weighted by Crippen LogP contribution is -2.44. The van der Waals surface area contributed by atoms with Gasteiger partial charge in [-0.3, -0.25) is 25.6 Å². The van der Waals surface area contributed by atoms with Crippen LogP contribution in [0.3, 0.4) is 0 Å². The second-order valence-corrected chi connectivity index (χ2v) is 9.56. The van der Waals surface area contributed by atoms with Crippen LogP contribution in [0.25, 0.3) is 0 Å². The Morgan fingerprint density at radius 1 is 1.11 bits per heavy atom. The zero-order chi connectivity index (χ0) is 27.1. The molecular weight excluding hydrogens is 529 g/mol. The van der Waals surface area contributed by atoms with E-state index in [4.69, 9.17) is 35.0 Å². The van der Waals surface area contributed by atoms with Crippen molar-refractivity contribution in [3.05, 3.63) is 53.8 Å². The van der Waals surface area contributed by atoms with Gasteiger partial charge in [0.1, 0.15) is 24.3 Å². The second kappa shape index (κ2) is 13.4. The summed E-state index contributed by atoms with van der Waals surface area (Å²) in [5.74, 6) is 1.29. The van der Waals surface area contributed by atoms with Gasteiger partial charge in [0.15, 0.2) is 11.5 Å². The normalized spacial score (nSPS) is 19.7. The number of amides is 1. The van der Waals surface area contributed by atoms with Crippen molar-refractivity contribution in [1.82, 2.24) is 15.7 Å². The third-order valence-electron chi connectivity index (χ3n) is 6.11. The Balaban J connectivity index is 1.40. The van der Waals surface area contributed by atoms with E-state index in [9.17, 15) is 9.18 Å². The number of hydrogen-bond acceptors (Lipinski definition) is 13. The fraction of sp³-hybridized carbons (Fsp3) is 0.435. The van der Waals surface area contributed by atoms with Gasteiger partial charge >= 0.3 is 0 Å². The van der Waals surface area contributed by atoms with Crippen LogP contribution < -0.4 is 14.2 Å². The van der Waals surface area contributed by atoms with Crippen molar-refractivity contribution in [3.8, 4) is 17.2 Å². The molecule has 15 heteroatoms. The number of carbonyl (C=O) groups is 1. The molecule has 0 aromatic heterocycles. The summed E-state index contributed by atoms with van der Waals surface area (Å²) in [4.78, 5) is 23.8. The molecule has 3 atom stereocenters. The first-order valence-corrected chi connectivity index (χ1v) is 12.6. The zero-order valence-electron chi connectivity index (χ0n) is 20.1. The maximum atomic E-state index is 13.5. The first kappa shape index (κ1) is 28.3. The first-order chi connectivity index (χ1) is 18.3. The molecule has 0 bridgehead atoms. The maximum absolute atomic E-state index is 13.5. The molecule has 4 rings (SSSR count). The van der Waals surface area contributed by atoms with Gasteiger partial charge in [0.2, 0.25) is 6.79 Å². The number of likely N-dealkylation sites (tertiary alicyclic amines) is 1. The van der Waals surface area contributed by atoms with E-state index in [0.29, 0.717) is 36.8 Å². The fourth-order valence-corrected chi connectivity index (χ4v) is 5.17. The molecule has 0 radical (unpaired) electrons. The van der Waals surface area contributed by atoms with Crippen LogP contribution in [0.2, 0.25) is 0 Å². The maximum Gasteiger partial charge on any atom is 0.281 e. The number of nitrogens with zero attached hydrogens (tertiary/aromatic N) is 3. The van der Waals surface area contributed by atoms with E-state index < -0.39 is 23.5 Å². The molecule has 4 N–H and O–H groups in total. The van der Waals surface area contributed by atoms with E-state index in [-0.39, 0.29) is 42.0 Å². The third kappa shape index (κ3) is 7.89. The van der Waals surface area contributed by atoms with Gasteiger partial charge in [0.05, 0.1) is 17.4 Å². The molecule has 2 aliphatic heterocycles. The number of fused-ring (bicyclic) bond motifs is 1. The summed E-state index contributed by atoms with van der Waals surface area (Å²) in [7, 11) is 0. The number of carbonyl (C=O) groups excluding carboxylic acids is 1. The monoisotopic (exact) mass is 557 g/mol. The van der Waals surface area contributed by atoms with Gasteiger partial charge in [-0.25, -0.2) is 14.1 Å². The first-order valence-electron chi connectivity index (χ1n) is 11.6. The van der Waals surface area contributed by atoms with E-state index in [1.54, 1.807) is 35.2 Å². The van der Waals surface area contributed by atoms with Crippen molar-refractivity contribution >= 4 is 17.0 Å². The fourth-order valence-electron chi connectivity index (χ4n) is 4.33. The Kier molecular flexibility index (Phi) is 9.95. The summed E-state index contributed by atoms with van der Waals surface area (Å²) in [6.07, 6.45) is -0.482. The van der Waals surface area contributed by atoms with Crippen LogP contribution in [-0.2, 0) is 9.68 Å². The van der Waals surface area contributed by atoms with Crippen molar-refractivity contribution in [3.63, 3.8) is 0 Å². The number of halogens is 1. The molecule has 2 aromatic carbocycles. The van der Waals surface area contributed by atoms with Gasteiger partial charge in [-0.1, -0.05) is 23.9 Å². The SMILES string of the molecule is O=C(SCC(CON(O)O)ON(O)O)N1CC[C@@H](c2ccc(F)cc2)[C@H](COc2ccc3c(c2)OCO3)C1. The zero-order valence-corrected chi connectivity index (χ0v) is 20.9. The molecule has 1 fully saturated rings. The van der Waals surface area contributed by atoms with Gasteiger partial charge in [-0.05, 0) is 42.2 Å². The van der Waals surface area contributed by atoms with Crippen LogP contribution in [0.4, 0.5) is 9.18 Å². The standard InChI is InChI=1S/C23H28FN3O10S/c24-17-3-1-15(2-4-17)20-7-8-25(23(28)38-13-19(37-27(31)32)12-36-26(29)30)10-16(20)11-33-18-5-6-21-22(9-18)35-14-34-21/h1-6,9,16,19-20,29-32H,7-8,10-14H2/t16-,19?,20-/m0/s1. The van der Waals surface area contributed by atoms with Crippen LogP contribution in [0, 0.1) is 11.7 Å². The molecule has 1 unspecified atom stereocenters. The Bertz CT molecular complexity index is 1060.